The second kappa shape index (κ2) is 12.4. The molecule has 0 aromatic heterocycles. The zero-order valence-electron chi connectivity index (χ0n) is 21.6. The lowest BCUT2D eigenvalue weighted by molar-refractivity contribution is -0.270. The summed E-state index contributed by atoms with van der Waals surface area (Å²) >= 11 is 5.39. The van der Waals surface area contributed by atoms with Crippen molar-refractivity contribution in [2.75, 3.05) is 6.54 Å². The van der Waals surface area contributed by atoms with Crippen LogP contribution in [0.1, 0.15) is 61.3 Å². The molecule has 2 rings (SSSR count). The Bertz CT molecular complexity index is 1110. The third-order valence-corrected chi connectivity index (χ3v) is 6.56. The van der Waals surface area contributed by atoms with Crippen LogP contribution >= 0.6 is 11.6 Å². The van der Waals surface area contributed by atoms with E-state index in [9.17, 15) is 45.9 Å². The number of carbonyl (C=O) groups excluding carboxylic acids is 5. The Morgan fingerprint density at radius 3 is 1.85 bits per heavy atom. The fourth-order valence-electron chi connectivity index (χ4n) is 4.09. The van der Waals surface area contributed by atoms with E-state index in [2.05, 4.69) is 5.32 Å². The summed E-state index contributed by atoms with van der Waals surface area (Å²) in [5, 5.41) is 3.83. The first-order valence-corrected chi connectivity index (χ1v) is 12.5. The zero-order chi connectivity index (χ0) is 29.9. The van der Waals surface area contributed by atoms with E-state index in [1.807, 2.05) is 5.32 Å². The fraction of sp³-hybridized carbons (Fsp3) is 0.560. The lowest BCUT2D eigenvalue weighted by Crippen LogP contribution is -2.60. The van der Waals surface area contributed by atoms with Crippen molar-refractivity contribution in [2.24, 2.45) is 11.8 Å². The number of hydrogen-bond donors (Lipinski definition) is 2. The molecule has 1 fully saturated rings. The molecular formula is C25H29ClF5N3O5. The van der Waals surface area contributed by atoms with E-state index in [1.165, 1.54) is 38.1 Å². The van der Waals surface area contributed by atoms with Crippen molar-refractivity contribution >= 4 is 40.3 Å². The van der Waals surface area contributed by atoms with Crippen molar-refractivity contribution in [3.63, 3.8) is 0 Å². The number of likely N-dealkylation sites (tertiary alicyclic amines) is 1. The molecule has 0 bridgehead atoms. The smallest absolute Gasteiger partial charge is 0.344 e. The number of halogens is 6. The number of carbonyl (C=O) groups is 5. The van der Waals surface area contributed by atoms with Crippen LogP contribution in [0.5, 0.6) is 0 Å². The van der Waals surface area contributed by atoms with Gasteiger partial charge in [0.2, 0.25) is 17.6 Å². The quantitative estimate of drug-likeness (QED) is 0.323. The van der Waals surface area contributed by atoms with Crippen LogP contribution in [0.15, 0.2) is 24.3 Å². The molecule has 1 aromatic rings. The highest BCUT2D eigenvalue weighted by Gasteiger charge is 2.64. The summed E-state index contributed by atoms with van der Waals surface area (Å²) in [6.45, 7) is 5.73. The number of ketones is 1. The van der Waals surface area contributed by atoms with Gasteiger partial charge < -0.3 is 15.5 Å². The first-order valence-electron chi connectivity index (χ1n) is 12.1. The minimum absolute atomic E-state index is 0.0571. The predicted octanol–water partition coefficient (Wildman–Crippen LogP) is 3.72. The van der Waals surface area contributed by atoms with Crippen LogP contribution in [-0.4, -0.2) is 70.4 Å². The minimum Gasteiger partial charge on any atom is -0.344 e. The number of nitrogens with zero attached hydrogens (tertiary/aromatic N) is 1. The molecule has 0 radical (unpaired) electrons. The molecule has 1 aromatic carbocycles. The summed E-state index contributed by atoms with van der Waals surface area (Å²) in [7, 11) is 0. The van der Waals surface area contributed by atoms with Crippen LogP contribution in [0.3, 0.4) is 0 Å². The fourth-order valence-corrected chi connectivity index (χ4v) is 4.22. The number of nitrogens with one attached hydrogen (secondary N) is 2. The van der Waals surface area contributed by atoms with Gasteiger partial charge >= 0.3 is 12.1 Å². The van der Waals surface area contributed by atoms with Gasteiger partial charge in [-0.1, -0.05) is 27.7 Å². The van der Waals surface area contributed by atoms with Crippen molar-refractivity contribution in [1.29, 1.82) is 0 Å². The maximum atomic E-state index is 13.7. The normalized spacial score (nSPS) is 17.6. The second-order valence-electron chi connectivity index (χ2n) is 9.90. The Kier molecular flexibility index (Phi) is 10.2. The van der Waals surface area contributed by atoms with Crippen molar-refractivity contribution < 1.29 is 45.9 Å². The summed E-state index contributed by atoms with van der Waals surface area (Å²) in [5.74, 6) is -12.1. The van der Waals surface area contributed by atoms with Crippen LogP contribution in [0, 0.1) is 11.8 Å². The number of hydrogen-bond acceptors (Lipinski definition) is 5. The highest BCUT2D eigenvalue weighted by atomic mass is 35.5. The summed E-state index contributed by atoms with van der Waals surface area (Å²) in [6, 6.07) is 0.779. The highest BCUT2D eigenvalue weighted by Crippen LogP contribution is 2.37. The van der Waals surface area contributed by atoms with Crippen LogP contribution < -0.4 is 10.6 Å². The largest absolute Gasteiger partial charge is 0.461 e. The van der Waals surface area contributed by atoms with E-state index >= 15 is 0 Å². The van der Waals surface area contributed by atoms with Crippen molar-refractivity contribution in [3.05, 3.63) is 35.4 Å². The van der Waals surface area contributed by atoms with Crippen LogP contribution in [0.25, 0.3) is 0 Å². The van der Waals surface area contributed by atoms with E-state index in [1.54, 1.807) is 13.8 Å². The molecule has 1 heterocycles. The Morgan fingerprint density at radius 1 is 0.872 bits per heavy atom. The first kappa shape index (κ1) is 32.1. The van der Waals surface area contributed by atoms with E-state index in [4.69, 9.17) is 11.6 Å². The van der Waals surface area contributed by atoms with Gasteiger partial charge in [-0.15, -0.1) is 0 Å². The lowest BCUT2D eigenvalue weighted by Gasteiger charge is -2.32. The van der Waals surface area contributed by atoms with Gasteiger partial charge in [0, 0.05) is 17.7 Å². The molecule has 0 unspecified atom stereocenters. The van der Waals surface area contributed by atoms with E-state index in [0.717, 1.165) is 4.90 Å². The number of Topliss-reactive ketones (excluding diaryl/α,β-unsaturated/α-hetero) is 1. The summed E-state index contributed by atoms with van der Waals surface area (Å²) in [6.07, 6.45) is -5.76. The third-order valence-electron chi connectivity index (χ3n) is 6.34. The molecule has 0 spiro atoms. The van der Waals surface area contributed by atoms with Gasteiger partial charge in [-0.25, -0.2) is 0 Å². The molecule has 216 valence electrons. The first-order chi connectivity index (χ1) is 17.9. The maximum Gasteiger partial charge on any atom is 0.461 e. The maximum absolute atomic E-state index is 13.7. The number of amides is 3. The van der Waals surface area contributed by atoms with Gasteiger partial charge in [-0.3, -0.25) is 24.0 Å². The average molecular weight is 582 g/mol. The molecule has 1 aliphatic heterocycles. The topological polar surface area (TPSA) is 113 Å². The van der Waals surface area contributed by atoms with Gasteiger partial charge in [-0.2, -0.15) is 22.0 Å². The molecule has 1 aliphatic rings. The van der Waals surface area contributed by atoms with Crippen molar-refractivity contribution in [3.8, 4) is 0 Å². The predicted molar refractivity (Wildman–Crippen MR) is 130 cm³/mol. The average Bonchev–Trinajstić information content (AvgIpc) is 3.34. The lowest BCUT2D eigenvalue weighted by atomic mass is 9.95. The molecule has 2 N–H and O–H groups in total. The second-order valence-corrected chi connectivity index (χ2v) is 10.2. The SMILES string of the molecule is CC(C)[C@H](NC(=O)c1ccc(C(=O)Cl)cc1)C(=O)N1CCC[C@H]1C(=O)N[C@H](C(=O)C(F)(F)C(F)(F)F)C(C)C. The summed E-state index contributed by atoms with van der Waals surface area (Å²) < 4.78 is 65.8. The third kappa shape index (κ3) is 7.31. The zero-order valence-corrected chi connectivity index (χ0v) is 22.3. The molecule has 0 saturated carbocycles. The number of benzene rings is 1. The molecule has 8 nitrogen and oxygen atoms in total. The van der Waals surface area contributed by atoms with Gasteiger partial charge in [-0.05, 0) is 60.5 Å². The molecule has 14 heteroatoms. The highest BCUT2D eigenvalue weighted by molar-refractivity contribution is 6.67. The Labute approximate surface area is 226 Å². The van der Waals surface area contributed by atoms with Crippen LogP contribution in [0.2, 0.25) is 0 Å². The molecule has 39 heavy (non-hydrogen) atoms. The molecule has 3 atom stereocenters. The standard InChI is InChI=1S/C25H29ClF5N3O5/c1-12(2)17(19(35)24(27,28)25(29,30)31)32-22(38)16-6-5-11-34(16)23(39)18(13(3)4)33-21(37)15-9-7-14(8-10-15)20(26)36/h7-10,12-13,16-18H,5-6,11H2,1-4H3,(H,32,38)(H,33,37)/t16-,17-,18-/m0/s1. The van der Waals surface area contributed by atoms with Crippen molar-refractivity contribution in [2.45, 2.75) is 70.8 Å². The Morgan fingerprint density at radius 2 is 1.38 bits per heavy atom. The Balaban J connectivity index is 2.21. The van der Waals surface area contributed by atoms with E-state index in [0.29, 0.717) is 6.42 Å². The number of alkyl halides is 5. The minimum atomic E-state index is -6.14. The van der Waals surface area contributed by atoms with Gasteiger partial charge in [0.15, 0.2) is 0 Å². The van der Waals surface area contributed by atoms with Gasteiger partial charge in [0.25, 0.3) is 11.1 Å². The number of rotatable bonds is 10. The molecule has 0 aliphatic carbocycles. The van der Waals surface area contributed by atoms with Gasteiger partial charge in [0.05, 0.1) is 6.04 Å². The van der Waals surface area contributed by atoms with Crippen LogP contribution in [0.4, 0.5) is 22.0 Å². The summed E-state index contributed by atoms with van der Waals surface area (Å²) in [4.78, 5) is 63.6. The Hall–Kier alpha value is -3.09. The van der Waals surface area contributed by atoms with Crippen molar-refractivity contribution in [1.82, 2.24) is 15.5 Å². The van der Waals surface area contributed by atoms with Crippen LogP contribution in [-0.2, 0) is 14.4 Å². The molecular weight excluding hydrogens is 553 g/mol. The van der Waals surface area contributed by atoms with E-state index < -0.39 is 70.8 Å². The van der Waals surface area contributed by atoms with E-state index in [-0.39, 0.29) is 24.1 Å². The molecule has 3 amide bonds. The van der Waals surface area contributed by atoms with Gasteiger partial charge in [0.1, 0.15) is 12.1 Å². The summed E-state index contributed by atoms with van der Waals surface area (Å²) in [5.41, 5.74) is 0.275. The monoisotopic (exact) mass is 581 g/mol. The molecule has 1 saturated heterocycles.